The van der Waals surface area contributed by atoms with Gasteiger partial charge in [-0.15, -0.1) is 23.1 Å². The van der Waals surface area contributed by atoms with Crippen LogP contribution >= 0.6 is 50.6 Å². The van der Waals surface area contributed by atoms with Crippen molar-refractivity contribution in [2.45, 2.75) is 5.37 Å². The number of anilines is 1. The Morgan fingerprint density at radius 2 is 2.19 bits per heavy atom. The predicted molar refractivity (Wildman–Crippen MR) is 92.7 cm³/mol. The summed E-state index contributed by atoms with van der Waals surface area (Å²) in [6, 6.07) is 9.48. The van der Waals surface area contributed by atoms with Gasteiger partial charge in [-0.25, -0.2) is 0 Å². The molecule has 1 fully saturated rings. The van der Waals surface area contributed by atoms with Crippen molar-refractivity contribution in [3.05, 3.63) is 44.0 Å². The second-order valence-corrected chi connectivity index (χ2v) is 8.36. The molecule has 1 saturated heterocycles. The summed E-state index contributed by atoms with van der Waals surface area (Å²) in [5.74, 6) is 1.18. The molecule has 7 heteroatoms. The Kier molecular flexibility index (Phi) is 4.49. The molecular weight excluding hydrogens is 394 g/mol. The molecule has 1 aromatic carbocycles. The zero-order valence-electron chi connectivity index (χ0n) is 11.0. The first-order chi connectivity index (χ1) is 10.1. The molecule has 110 valence electrons. The summed E-state index contributed by atoms with van der Waals surface area (Å²) in [6.07, 6.45) is 0. The van der Waals surface area contributed by atoms with Crippen LogP contribution < -0.4 is 9.64 Å². The van der Waals surface area contributed by atoms with Crippen LogP contribution in [0.3, 0.4) is 0 Å². The quantitative estimate of drug-likeness (QED) is 0.725. The van der Waals surface area contributed by atoms with Crippen molar-refractivity contribution >= 4 is 62.2 Å². The van der Waals surface area contributed by atoms with Gasteiger partial charge in [-0.3, -0.25) is 9.69 Å². The summed E-state index contributed by atoms with van der Waals surface area (Å²) in [4.78, 5) is 15.2. The van der Waals surface area contributed by atoms with Gasteiger partial charge in [0.1, 0.15) is 11.1 Å². The van der Waals surface area contributed by atoms with Gasteiger partial charge in [0.05, 0.1) is 21.7 Å². The molecule has 21 heavy (non-hydrogen) atoms. The fourth-order valence-corrected chi connectivity index (χ4v) is 5.25. The molecular formula is C14H11BrClNO2S2. The van der Waals surface area contributed by atoms with Gasteiger partial charge in [0.25, 0.3) is 0 Å². The number of halogens is 2. The van der Waals surface area contributed by atoms with Gasteiger partial charge in [-0.1, -0.05) is 11.6 Å². The van der Waals surface area contributed by atoms with E-state index in [4.69, 9.17) is 16.3 Å². The summed E-state index contributed by atoms with van der Waals surface area (Å²) in [5, 5.41) is 0.504. The maximum Gasteiger partial charge on any atom is 0.238 e. The normalized spacial score (nSPS) is 18.3. The van der Waals surface area contributed by atoms with Crippen LogP contribution in [-0.4, -0.2) is 18.8 Å². The Hall–Kier alpha value is -0.690. The van der Waals surface area contributed by atoms with Crippen molar-refractivity contribution in [3.8, 4) is 5.75 Å². The molecule has 0 bridgehead atoms. The largest absolute Gasteiger partial charge is 0.495 e. The number of hydrogen-bond acceptors (Lipinski definition) is 4. The number of ether oxygens (including phenoxy) is 1. The van der Waals surface area contributed by atoms with Crippen LogP contribution in [0.1, 0.15) is 10.3 Å². The lowest BCUT2D eigenvalue weighted by molar-refractivity contribution is -0.115. The molecule has 1 aliphatic rings. The Morgan fingerprint density at radius 3 is 2.81 bits per heavy atom. The minimum absolute atomic E-state index is 0.00161. The van der Waals surface area contributed by atoms with E-state index in [0.717, 1.165) is 14.4 Å². The summed E-state index contributed by atoms with van der Waals surface area (Å²) >= 11 is 12.9. The molecule has 0 aliphatic carbocycles. The van der Waals surface area contributed by atoms with E-state index >= 15 is 0 Å². The highest BCUT2D eigenvalue weighted by Crippen LogP contribution is 2.45. The van der Waals surface area contributed by atoms with Gasteiger partial charge in [0.15, 0.2) is 0 Å². The molecule has 0 radical (unpaired) electrons. The number of nitrogens with zero attached hydrogens (tertiary/aromatic N) is 1. The number of benzene rings is 1. The van der Waals surface area contributed by atoms with Crippen molar-refractivity contribution in [2.24, 2.45) is 0 Å². The highest BCUT2D eigenvalue weighted by atomic mass is 79.9. The van der Waals surface area contributed by atoms with E-state index in [0.29, 0.717) is 16.5 Å². The molecule has 3 rings (SSSR count). The fraction of sp³-hybridized carbons (Fsp3) is 0.214. The molecule has 2 aromatic rings. The zero-order valence-corrected chi connectivity index (χ0v) is 15.0. The zero-order chi connectivity index (χ0) is 15.0. The second kappa shape index (κ2) is 6.20. The van der Waals surface area contributed by atoms with Crippen molar-refractivity contribution in [3.63, 3.8) is 0 Å². The average molecular weight is 405 g/mol. The topological polar surface area (TPSA) is 29.5 Å². The third-order valence-corrected chi connectivity index (χ3v) is 6.43. The minimum Gasteiger partial charge on any atom is -0.495 e. The van der Waals surface area contributed by atoms with Gasteiger partial charge >= 0.3 is 0 Å². The van der Waals surface area contributed by atoms with E-state index in [-0.39, 0.29) is 11.3 Å². The Balaban J connectivity index is 1.97. The standard InChI is InChI=1S/C14H11BrClNO2S2/c1-19-10-3-2-8(6-9(10)16)17-13(18)7-20-14(17)11-4-5-12(15)21-11/h2-6,14H,7H2,1H3. The Morgan fingerprint density at radius 1 is 1.38 bits per heavy atom. The average Bonchev–Trinajstić information content (AvgIpc) is 3.04. The maximum atomic E-state index is 12.3. The number of thioether (sulfide) groups is 1. The lowest BCUT2D eigenvalue weighted by atomic mass is 10.2. The van der Waals surface area contributed by atoms with Crippen molar-refractivity contribution in [1.82, 2.24) is 0 Å². The van der Waals surface area contributed by atoms with Crippen LogP contribution in [0.25, 0.3) is 0 Å². The van der Waals surface area contributed by atoms with E-state index in [1.54, 1.807) is 47.2 Å². The number of amides is 1. The number of thiophene rings is 1. The number of carbonyl (C=O) groups is 1. The van der Waals surface area contributed by atoms with Gasteiger partial charge < -0.3 is 4.74 Å². The number of carbonyl (C=O) groups excluding carboxylic acids is 1. The predicted octanol–water partition coefficient (Wildman–Crippen LogP) is 4.95. The summed E-state index contributed by atoms with van der Waals surface area (Å²) in [7, 11) is 1.57. The Labute approximate surface area is 144 Å². The third-order valence-electron chi connectivity index (χ3n) is 3.12. The fourth-order valence-electron chi connectivity index (χ4n) is 2.18. The van der Waals surface area contributed by atoms with Gasteiger partial charge in [0.2, 0.25) is 5.91 Å². The molecule has 3 nitrogen and oxygen atoms in total. The van der Waals surface area contributed by atoms with E-state index in [9.17, 15) is 4.79 Å². The van der Waals surface area contributed by atoms with E-state index in [1.165, 1.54) is 0 Å². The van der Waals surface area contributed by atoms with Crippen LogP contribution in [0.15, 0.2) is 34.1 Å². The van der Waals surface area contributed by atoms with E-state index < -0.39 is 0 Å². The van der Waals surface area contributed by atoms with Crippen molar-refractivity contribution in [1.29, 1.82) is 0 Å². The second-order valence-electron chi connectivity index (χ2n) is 4.39. The van der Waals surface area contributed by atoms with E-state index in [1.807, 2.05) is 18.2 Å². The summed E-state index contributed by atoms with van der Waals surface area (Å²) in [6.45, 7) is 0. The van der Waals surface area contributed by atoms with Crippen LogP contribution in [0.4, 0.5) is 5.69 Å². The van der Waals surface area contributed by atoms with Crippen LogP contribution in [0, 0.1) is 0 Å². The molecule has 0 spiro atoms. The van der Waals surface area contributed by atoms with Crippen molar-refractivity contribution in [2.75, 3.05) is 17.8 Å². The number of methoxy groups -OCH3 is 1. The first-order valence-corrected chi connectivity index (χ1v) is 9.16. The Bertz CT molecular complexity index is 691. The third kappa shape index (κ3) is 2.95. The lowest BCUT2D eigenvalue weighted by Gasteiger charge is -2.23. The monoisotopic (exact) mass is 403 g/mol. The molecule has 1 atom stereocenters. The SMILES string of the molecule is COc1ccc(N2C(=O)CSC2c2ccc(Br)s2)cc1Cl. The number of hydrogen-bond donors (Lipinski definition) is 0. The molecule has 1 amide bonds. The molecule has 0 N–H and O–H groups in total. The highest BCUT2D eigenvalue weighted by molar-refractivity contribution is 9.11. The van der Waals surface area contributed by atoms with Crippen LogP contribution in [-0.2, 0) is 4.79 Å². The van der Waals surface area contributed by atoms with Crippen molar-refractivity contribution < 1.29 is 9.53 Å². The first kappa shape index (κ1) is 15.2. The van der Waals surface area contributed by atoms with E-state index in [2.05, 4.69) is 15.9 Å². The molecule has 1 aromatic heterocycles. The lowest BCUT2D eigenvalue weighted by Crippen LogP contribution is -2.27. The molecule has 1 aliphatic heterocycles. The van der Waals surface area contributed by atoms with Gasteiger partial charge in [-0.2, -0.15) is 0 Å². The molecule has 0 saturated carbocycles. The van der Waals surface area contributed by atoms with Crippen LogP contribution in [0.5, 0.6) is 5.75 Å². The first-order valence-electron chi connectivity index (χ1n) is 6.12. The molecule has 1 unspecified atom stereocenters. The highest BCUT2D eigenvalue weighted by Gasteiger charge is 2.35. The summed E-state index contributed by atoms with van der Waals surface area (Å²) < 4.78 is 6.22. The van der Waals surface area contributed by atoms with Gasteiger partial charge in [-0.05, 0) is 46.3 Å². The summed E-state index contributed by atoms with van der Waals surface area (Å²) in [5.41, 5.74) is 0.797. The number of rotatable bonds is 3. The minimum atomic E-state index is -0.00161. The maximum absolute atomic E-state index is 12.3. The smallest absolute Gasteiger partial charge is 0.238 e. The van der Waals surface area contributed by atoms with Crippen LogP contribution in [0.2, 0.25) is 5.02 Å². The molecule has 2 heterocycles. The van der Waals surface area contributed by atoms with Gasteiger partial charge in [0, 0.05) is 10.6 Å².